The zero-order chi connectivity index (χ0) is 15.5. The Morgan fingerprint density at radius 1 is 1.35 bits per heavy atom. The molecule has 0 saturated carbocycles. The van der Waals surface area contributed by atoms with Gasteiger partial charge in [0.25, 0.3) is 0 Å². The maximum atomic E-state index is 13.8. The Labute approximate surface area is 118 Å². The first kappa shape index (κ1) is 16.4. The Bertz CT molecular complexity index is 582. The number of carbonyl (C=O) groups is 1. The van der Waals surface area contributed by atoms with E-state index in [0.717, 1.165) is 10.4 Å². The van der Waals surface area contributed by atoms with Crippen molar-refractivity contribution < 1.29 is 17.6 Å². The van der Waals surface area contributed by atoms with Crippen molar-refractivity contribution in [1.29, 1.82) is 0 Å². The van der Waals surface area contributed by atoms with E-state index in [1.54, 1.807) is 6.92 Å². The minimum Gasteiger partial charge on any atom is -0.398 e. The molecule has 0 saturated heterocycles. The van der Waals surface area contributed by atoms with Gasteiger partial charge in [0.1, 0.15) is 10.7 Å². The molecule has 20 heavy (non-hydrogen) atoms. The summed E-state index contributed by atoms with van der Waals surface area (Å²) in [5.74, 6) is -1.33. The molecule has 0 aromatic heterocycles. The lowest BCUT2D eigenvalue weighted by Crippen LogP contribution is -2.40. The van der Waals surface area contributed by atoms with E-state index in [1.807, 2.05) is 0 Å². The van der Waals surface area contributed by atoms with Gasteiger partial charge in [0, 0.05) is 20.6 Å². The molecule has 112 valence electrons. The summed E-state index contributed by atoms with van der Waals surface area (Å²) in [6, 6.07) is 3.65. The van der Waals surface area contributed by atoms with Crippen molar-refractivity contribution in [2.45, 2.75) is 11.8 Å². The predicted molar refractivity (Wildman–Crippen MR) is 73.9 cm³/mol. The number of amides is 1. The molecule has 8 heteroatoms. The molecule has 0 aliphatic rings. The highest BCUT2D eigenvalue weighted by molar-refractivity contribution is 7.89. The molecule has 0 aliphatic carbocycles. The number of rotatable bonds is 5. The lowest BCUT2D eigenvalue weighted by atomic mass is 10.3. The van der Waals surface area contributed by atoms with Gasteiger partial charge in [-0.25, -0.2) is 12.8 Å². The van der Waals surface area contributed by atoms with Crippen molar-refractivity contribution in [3.05, 3.63) is 24.0 Å². The number of likely N-dealkylation sites (N-methyl/N-ethyl adjacent to an activating group) is 2. The molecule has 1 amide bonds. The third-order valence-electron chi connectivity index (χ3n) is 2.76. The highest BCUT2D eigenvalue weighted by Gasteiger charge is 2.30. The molecule has 0 fully saturated rings. The van der Waals surface area contributed by atoms with E-state index in [4.69, 9.17) is 5.73 Å². The number of hydrogen-bond acceptors (Lipinski definition) is 4. The molecular weight excluding hydrogens is 285 g/mol. The van der Waals surface area contributed by atoms with Crippen LogP contribution in [0.1, 0.15) is 6.92 Å². The van der Waals surface area contributed by atoms with Crippen LogP contribution < -0.4 is 5.73 Å². The van der Waals surface area contributed by atoms with Crippen molar-refractivity contribution in [3.8, 4) is 0 Å². The van der Waals surface area contributed by atoms with Gasteiger partial charge < -0.3 is 10.6 Å². The van der Waals surface area contributed by atoms with Gasteiger partial charge in [0.15, 0.2) is 0 Å². The largest absolute Gasteiger partial charge is 0.398 e. The van der Waals surface area contributed by atoms with Gasteiger partial charge in [-0.3, -0.25) is 4.79 Å². The van der Waals surface area contributed by atoms with Gasteiger partial charge >= 0.3 is 0 Å². The van der Waals surface area contributed by atoms with Crippen molar-refractivity contribution in [2.24, 2.45) is 0 Å². The van der Waals surface area contributed by atoms with Crippen LogP contribution in [0.4, 0.5) is 10.1 Å². The fourth-order valence-corrected chi connectivity index (χ4v) is 3.14. The average molecular weight is 303 g/mol. The first-order valence-electron chi connectivity index (χ1n) is 5.96. The Kier molecular flexibility index (Phi) is 5.07. The zero-order valence-corrected chi connectivity index (χ0v) is 12.4. The summed E-state index contributed by atoms with van der Waals surface area (Å²) in [5, 5.41) is 0. The summed E-state index contributed by atoms with van der Waals surface area (Å²) < 4.78 is 39.4. The third kappa shape index (κ3) is 3.26. The summed E-state index contributed by atoms with van der Waals surface area (Å²) in [5.41, 5.74) is 5.37. The summed E-state index contributed by atoms with van der Waals surface area (Å²) in [7, 11) is -1.13. The molecule has 1 rings (SSSR count). The highest BCUT2D eigenvalue weighted by atomic mass is 32.2. The molecule has 1 aromatic carbocycles. The van der Waals surface area contributed by atoms with Crippen LogP contribution in [0.2, 0.25) is 0 Å². The fourth-order valence-electron chi connectivity index (χ4n) is 1.59. The van der Waals surface area contributed by atoms with Crippen LogP contribution in [0.15, 0.2) is 23.1 Å². The van der Waals surface area contributed by atoms with Crippen LogP contribution in [0, 0.1) is 5.82 Å². The van der Waals surface area contributed by atoms with E-state index >= 15 is 0 Å². The Morgan fingerprint density at radius 3 is 2.40 bits per heavy atom. The van der Waals surface area contributed by atoms with Crippen molar-refractivity contribution in [1.82, 2.24) is 9.21 Å². The Balaban J connectivity index is 3.23. The smallest absolute Gasteiger partial charge is 0.248 e. The molecular formula is C12H18FN3O3S. The fraction of sp³-hybridized carbons (Fsp3) is 0.417. The second kappa shape index (κ2) is 6.19. The predicted octanol–water partition coefficient (Wildman–Crippen LogP) is 0.507. The number of nitrogens with zero attached hydrogens (tertiary/aromatic N) is 2. The normalized spacial score (nSPS) is 11.7. The Morgan fingerprint density at radius 2 is 1.95 bits per heavy atom. The SMILES string of the molecule is CCN(CC(=O)N(C)C)S(=O)(=O)c1c(N)cccc1F. The van der Waals surface area contributed by atoms with E-state index in [9.17, 15) is 17.6 Å². The van der Waals surface area contributed by atoms with Gasteiger partial charge in [-0.2, -0.15) is 4.31 Å². The van der Waals surface area contributed by atoms with Crippen LogP contribution in [0.25, 0.3) is 0 Å². The third-order valence-corrected chi connectivity index (χ3v) is 4.77. The van der Waals surface area contributed by atoms with E-state index in [1.165, 1.54) is 31.1 Å². The van der Waals surface area contributed by atoms with E-state index in [-0.39, 0.29) is 18.8 Å². The van der Waals surface area contributed by atoms with Crippen LogP contribution in [-0.2, 0) is 14.8 Å². The van der Waals surface area contributed by atoms with E-state index < -0.39 is 26.6 Å². The van der Waals surface area contributed by atoms with Crippen molar-refractivity contribution >= 4 is 21.6 Å². The molecule has 0 aliphatic heterocycles. The first-order valence-corrected chi connectivity index (χ1v) is 7.40. The summed E-state index contributed by atoms with van der Waals surface area (Å²) in [4.78, 5) is 12.3. The van der Waals surface area contributed by atoms with Crippen LogP contribution in [0.3, 0.4) is 0 Å². The van der Waals surface area contributed by atoms with Gasteiger partial charge in [0.05, 0.1) is 12.2 Å². The van der Waals surface area contributed by atoms with Gasteiger partial charge in [-0.05, 0) is 12.1 Å². The average Bonchev–Trinajstić information content (AvgIpc) is 2.34. The molecule has 0 radical (unpaired) electrons. The van der Waals surface area contributed by atoms with Gasteiger partial charge in [0.2, 0.25) is 15.9 Å². The quantitative estimate of drug-likeness (QED) is 0.803. The number of nitrogens with two attached hydrogens (primary N) is 1. The molecule has 0 spiro atoms. The summed E-state index contributed by atoms with van der Waals surface area (Å²) in [6.07, 6.45) is 0. The molecule has 0 heterocycles. The number of benzene rings is 1. The molecule has 6 nitrogen and oxygen atoms in total. The number of carbonyl (C=O) groups excluding carboxylic acids is 1. The number of anilines is 1. The van der Waals surface area contributed by atoms with E-state index in [0.29, 0.717) is 0 Å². The lowest BCUT2D eigenvalue weighted by Gasteiger charge is -2.22. The van der Waals surface area contributed by atoms with Crippen molar-refractivity contribution in [3.63, 3.8) is 0 Å². The molecule has 2 N–H and O–H groups in total. The van der Waals surface area contributed by atoms with Gasteiger partial charge in [-0.1, -0.05) is 13.0 Å². The molecule has 1 aromatic rings. The standard InChI is InChI=1S/C12H18FN3O3S/c1-4-16(8-11(17)15(2)3)20(18,19)12-9(13)6-5-7-10(12)14/h5-7H,4,8,14H2,1-3H3. The number of nitrogen functional groups attached to an aromatic ring is 1. The number of hydrogen-bond donors (Lipinski definition) is 1. The van der Waals surface area contributed by atoms with E-state index in [2.05, 4.69) is 0 Å². The molecule has 0 atom stereocenters. The molecule has 0 bridgehead atoms. The van der Waals surface area contributed by atoms with Crippen LogP contribution >= 0.6 is 0 Å². The number of halogens is 1. The second-order valence-corrected chi connectivity index (χ2v) is 6.25. The summed E-state index contributed by atoms with van der Waals surface area (Å²) >= 11 is 0. The maximum absolute atomic E-state index is 13.8. The monoisotopic (exact) mass is 303 g/mol. The summed E-state index contributed by atoms with van der Waals surface area (Å²) in [6.45, 7) is 1.24. The van der Waals surface area contributed by atoms with Crippen LogP contribution in [-0.4, -0.2) is 50.7 Å². The van der Waals surface area contributed by atoms with Crippen molar-refractivity contribution in [2.75, 3.05) is 32.9 Å². The lowest BCUT2D eigenvalue weighted by molar-refractivity contribution is -0.128. The van der Waals surface area contributed by atoms with Gasteiger partial charge in [-0.15, -0.1) is 0 Å². The zero-order valence-electron chi connectivity index (χ0n) is 11.6. The topological polar surface area (TPSA) is 83.7 Å². The molecule has 0 unspecified atom stereocenters. The Hall–Kier alpha value is -1.67. The van der Waals surface area contributed by atoms with Crippen LogP contribution in [0.5, 0.6) is 0 Å². The minimum absolute atomic E-state index is 0.0374. The first-order chi connectivity index (χ1) is 9.21. The maximum Gasteiger partial charge on any atom is 0.248 e. The minimum atomic E-state index is -4.16. The highest BCUT2D eigenvalue weighted by Crippen LogP contribution is 2.25. The number of sulfonamides is 1. The second-order valence-electron chi connectivity index (χ2n) is 4.38.